The minimum atomic E-state index is -2.79. The molecule has 1 heterocycles. The third kappa shape index (κ3) is 1.39. The highest BCUT2D eigenvalue weighted by atomic mass is 19.3. The average Bonchev–Trinajstić information content (AvgIpc) is 2.47. The Bertz CT molecular complexity index is 428. The third-order valence-electron chi connectivity index (χ3n) is 1.95. The van der Waals surface area contributed by atoms with E-state index < -0.39 is 5.92 Å². The van der Waals surface area contributed by atoms with Crippen LogP contribution in [-0.2, 0) is 5.92 Å². The van der Waals surface area contributed by atoms with E-state index in [1.165, 1.54) is 12.1 Å². The lowest BCUT2D eigenvalue weighted by atomic mass is 10.1. The summed E-state index contributed by atoms with van der Waals surface area (Å²) in [7, 11) is 0. The molecule has 2 aromatic rings. The Hall–Kier alpha value is -1.45. The smallest absolute Gasteiger partial charge is 0.270 e. The van der Waals surface area contributed by atoms with Gasteiger partial charge in [0.15, 0.2) is 0 Å². The lowest BCUT2D eigenvalue weighted by Crippen LogP contribution is -2.06. The summed E-state index contributed by atoms with van der Waals surface area (Å²) >= 11 is 0. The molecule has 0 aliphatic rings. The number of hydrogen-bond donors (Lipinski definition) is 1. The van der Waals surface area contributed by atoms with Gasteiger partial charge in [-0.15, -0.1) is 0 Å². The maximum Gasteiger partial charge on any atom is 0.270 e. The molecule has 0 bridgehead atoms. The minimum Gasteiger partial charge on any atom is -0.278 e. The Balaban J connectivity index is 2.61. The van der Waals surface area contributed by atoms with Crippen LogP contribution in [0, 0.1) is 0 Å². The number of aromatic nitrogens is 2. The number of hydrogen-bond acceptors (Lipinski definition) is 1. The van der Waals surface area contributed by atoms with E-state index in [9.17, 15) is 8.78 Å². The standard InChI is InChI=1S/C9H8F2N2/c1-9(10,11)7-3-2-6-5-12-13-8(6)4-7/h2-5H,1H3,(H,12,13). The van der Waals surface area contributed by atoms with Gasteiger partial charge in [-0.1, -0.05) is 12.1 Å². The predicted molar refractivity (Wildman–Crippen MR) is 45.7 cm³/mol. The van der Waals surface area contributed by atoms with Gasteiger partial charge in [-0.3, -0.25) is 5.10 Å². The van der Waals surface area contributed by atoms with Gasteiger partial charge in [-0.2, -0.15) is 5.10 Å². The molecule has 1 N–H and O–H groups in total. The summed E-state index contributed by atoms with van der Waals surface area (Å²) in [6.07, 6.45) is 1.60. The van der Waals surface area contributed by atoms with Crippen molar-refractivity contribution in [3.63, 3.8) is 0 Å². The van der Waals surface area contributed by atoms with Gasteiger partial charge in [0.2, 0.25) is 0 Å². The zero-order chi connectivity index (χ0) is 9.47. The van der Waals surface area contributed by atoms with E-state index in [1.807, 2.05) is 0 Å². The lowest BCUT2D eigenvalue weighted by molar-refractivity contribution is 0.0176. The van der Waals surface area contributed by atoms with E-state index in [-0.39, 0.29) is 5.56 Å². The summed E-state index contributed by atoms with van der Waals surface area (Å²) in [5, 5.41) is 7.24. The first-order chi connectivity index (χ1) is 6.07. The van der Waals surface area contributed by atoms with Gasteiger partial charge in [0.25, 0.3) is 5.92 Å². The van der Waals surface area contributed by atoms with Crippen LogP contribution < -0.4 is 0 Å². The molecule has 68 valence electrons. The first kappa shape index (κ1) is 8.16. The molecular formula is C9H8F2N2. The second kappa shape index (κ2) is 2.52. The summed E-state index contributed by atoms with van der Waals surface area (Å²) < 4.78 is 25.7. The van der Waals surface area contributed by atoms with E-state index in [0.717, 1.165) is 12.3 Å². The van der Waals surface area contributed by atoms with Gasteiger partial charge in [0.1, 0.15) is 0 Å². The van der Waals surface area contributed by atoms with E-state index >= 15 is 0 Å². The minimum absolute atomic E-state index is 0.00394. The lowest BCUT2D eigenvalue weighted by Gasteiger charge is -2.09. The number of alkyl halides is 2. The molecular weight excluding hydrogens is 174 g/mol. The molecule has 2 nitrogen and oxygen atoms in total. The van der Waals surface area contributed by atoms with Gasteiger partial charge in [0, 0.05) is 17.9 Å². The predicted octanol–water partition coefficient (Wildman–Crippen LogP) is 2.67. The van der Waals surface area contributed by atoms with Crippen LogP contribution in [0.5, 0.6) is 0 Å². The Morgan fingerprint density at radius 2 is 2.15 bits per heavy atom. The van der Waals surface area contributed by atoms with Crippen LogP contribution >= 0.6 is 0 Å². The second-order valence-corrected chi connectivity index (χ2v) is 3.06. The van der Waals surface area contributed by atoms with Crippen LogP contribution in [0.3, 0.4) is 0 Å². The Morgan fingerprint density at radius 1 is 1.38 bits per heavy atom. The molecule has 0 saturated carbocycles. The maximum absolute atomic E-state index is 12.9. The normalized spacial score (nSPS) is 12.2. The van der Waals surface area contributed by atoms with E-state index in [2.05, 4.69) is 10.2 Å². The Kier molecular flexibility index (Phi) is 1.58. The van der Waals surface area contributed by atoms with Crippen LogP contribution in [0.25, 0.3) is 10.9 Å². The number of halogens is 2. The second-order valence-electron chi connectivity index (χ2n) is 3.06. The van der Waals surface area contributed by atoms with Gasteiger partial charge >= 0.3 is 0 Å². The molecule has 0 saturated heterocycles. The number of fused-ring (bicyclic) bond motifs is 1. The zero-order valence-electron chi connectivity index (χ0n) is 7.01. The third-order valence-corrected chi connectivity index (χ3v) is 1.95. The van der Waals surface area contributed by atoms with Crippen molar-refractivity contribution in [1.82, 2.24) is 10.2 Å². The molecule has 0 radical (unpaired) electrons. The van der Waals surface area contributed by atoms with Crippen LogP contribution in [-0.4, -0.2) is 10.2 Å². The molecule has 4 heteroatoms. The average molecular weight is 182 g/mol. The molecule has 0 fully saturated rings. The molecule has 1 aromatic heterocycles. The SMILES string of the molecule is CC(F)(F)c1ccc2cn[nH]c2c1. The first-order valence-electron chi connectivity index (χ1n) is 3.89. The topological polar surface area (TPSA) is 28.7 Å². The molecule has 0 atom stereocenters. The van der Waals surface area contributed by atoms with E-state index in [4.69, 9.17) is 0 Å². The molecule has 13 heavy (non-hydrogen) atoms. The summed E-state index contributed by atoms with van der Waals surface area (Å²) in [5.41, 5.74) is 0.642. The number of rotatable bonds is 1. The van der Waals surface area contributed by atoms with Crippen LogP contribution in [0.15, 0.2) is 24.4 Å². The van der Waals surface area contributed by atoms with Crippen molar-refractivity contribution in [2.24, 2.45) is 0 Å². The van der Waals surface area contributed by atoms with Crippen LogP contribution in [0.2, 0.25) is 0 Å². The van der Waals surface area contributed by atoms with Crippen molar-refractivity contribution < 1.29 is 8.78 Å². The van der Waals surface area contributed by atoms with Crippen molar-refractivity contribution in [2.45, 2.75) is 12.8 Å². The zero-order valence-corrected chi connectivity index (χ0v) is 7.01. The Labute approximate surface area is 73.6 Å². The van der Waals surface area contributed by atoms with Gasteiger partial charge < -0.3 is 0 Å². The largest absolute Gasteiger partial charge is 0.278 e. The van der Waals surface area contributed by atoms with E-state index in [1.54, 1.807) is 12.3 Å². The monoisotopic (exact) mass is 182 g/mol. The number of nitrogens with zero attached hydrogens (tertiary/aromatic N) is 1. The molecule has 0 aliphatic carbocycles. The maximum atomic E-state index is 12.9. The number of nitrogens with one attached hydrogen (secondary N) is 1. The molecule has 0 spiro atoms. The molecule has 0 aliphatic heterocycles. The fourth-order valence-corrected chi connectivity index (χ4v) is 1.21. The van der Waals surface area contributed by atoms with E-state index in [0.29, 0.717) is 5.52 Å². The number of benzene rings is 1. The quantitative estimate of drug-likeness (QED) is 0.721. The highest BCUT2D eigenvalue weighted by Gasteiger charge is 2.24. The van der Waals surface area contributed by atoms with Crippen molar-refractivity contribution in [1.29, 1.82) is 0 Å². The van der Waals surface area contributed by atoms with Gasteiger partial charge in [-0.25, -0.2) is 8.78 Å². The van der Waals surface area contributed by atoms with Crippen molar-refractivity contribution in [3.8, 4) is 0 Å². The molecule has 0 amide bonds. The van der Waals surface area contributed by atoms with Gasteiger partial charge in [-0.05, 0) is 6.07 Å². The fourth-order valence-electron chi connectivity index (χ4n) is 1.21. The first-order valence-corrected chi connectivity index (χ1v) is 3.89. The van der Waals surface area contributed by atoms with Gasteiger partial charge in [0.05, 0.1) is 11.7 Å². The summed E-state index contributed by atoms with van der Waals surface area (Å²) in [5.74, 6) is -2.79. The molecule has 0 unspecified atom stereocenters. The summed E-state index contributed by atoms with van der Waals surface area (Å²) in [4.78, 5) is 0. The number of H-pyrrole nitrogens is 1. The summed E-state index contributed by atoms with van der Waals surface area (Å²) in [6, 6.07) is 4.46. The molecule has 1 aromatic carbocycles. The summed E-state index contributed by atoms with van der Waals surface area (Å²) in [6.45, 7) is 0.879. The highest BCUT2D eigenvalue weighted by Crippen LogP contribution is 2.28. The number of aromatic amines is 1. The van der Waals surface area contributed by atoms with Crippen LogP contribution in [0.1, 0.15) is 12.5 Å². The molecule has 2 rings (SSSR count). The van der Waals surface area contributed by atoms with Crippen LogP contribution in [0.4, 0.5) is 8.78 Å². The fraction of sp³-hybridized carbons (Fsp3) is 0.222. The Morgan fingerprint density at radius 3 is 2.85 bits per heavy atom. The van der Waals surface area contributed by atoms with Crippen molar-refractivity contribution >= 4 is 10.9 Å². The van der Waals surface area contributed by atoms with Crippen molar-refractivity contribution in [2.75, 3.05) is 0 Å². The van der Waals surface area contributed by atoms with Crippen molar-refractivity contribution in [3.05, 3.63) is 30.0 Å². The highest BCUT2D eigenvalue weighted by molar-refractivity contribution is 5.78.